The molecule has 16 nitrogen and oxygen atoms in total. The van der Waals surface area contributed by atoms with E-state index in [0.29, 0.717) is 22.9 Å². The Morgan fingerprint density at radius 3 is 1.17 bits per heavy atom. The molecule has 0 atom stereocenters. The number of nitrogens with zero attached hydrogens (tertiary/aromatic N) is 12. The third kappa shape index (κ3) is 11.1. The summed E-state index contributed by atoms with van der Waals surface area (Å²) in [5, 5.41) is 4.27. The Kier molecular flexibility index (Phi) is 16.2. The van der Waals surface area contributed by atoms with Crippen molar-refractivity contribution in [1.82, 2.24) is 19.9 Å². The number of allylic oxidation sites excluding steroid dienone is 4. The van der Waals surface area contributed by atoms with Gasteiger partial charge in [0.15, 0.2) is 70.4 Å². The second kappa shape index (κ2) is 24.4. The fourth-order valence-electron chi connectivity index (χ4n) is 14.3. The number of hydrogen-bond donors (Lipinski definition) is 0. The lowest BCUT2D eigenvalue weighted by molar-refractivity contribution is -0.654. The van der Waals surface area contributed by atoms with Crippen LogP contribution in [0.4, 0.5) is 23.1 Å². The summed E-state index contributed by atoms with van der Waals surface area (Å²) in [7, 11) is 16.8. The maximum Gasteiger partial charge on any atom is 0.401 e. The molecule has 0 aliphatic carbocycles. The highest BCUT2D eigenvalue weighted by atomic mass is 16.4. The summed E-state index contributed by atoms with van der Waals surface area (Å²) in [4.78, 5) is 26.4. The van der Waals surface area contributed by atoms with Gasteiger partial charge in [0.05, 0.1) is 22.1 Å². The molecule has 0 saturated carbocycles. The molecule has 16 heterocycles. The van der Waals surface area contributed by atoms with Gasteiger partial charge in [0, 0.05) is 88.1 Å². The van der Waals surface area contributed by atoms with Crippen LogP contribution in [0.15, 0.2) is 180 Å². The van der Waals surface area contributed by atoms with Gasteiger partial charge in [-0.25, -0.2) is 38.2 Å². The van der Waals surface area contributed by atoms with Gasteiger partial charge >= 0.3 is 27.4 Å². The fraction of sp³-hybridized carbons (Fsp3) is 0.233. The van der Waals surface area contributed by atoms with Gasteiger partial charge in [-0.3, -0.25) is 0 Å². The topological polar surface area (TPSA) is 133 Å². The van der Waals surface area contributed by atoms with Gasteiger partial charge in [0.1, 0.15) is 28.2 Å². The molecule has 0 radical (unpaired) electrons. The number of aromatic nitrogens is 8. The van der Waals surface area contributed by atoms with E-state index in [9.17, 15) is 0 Å². The van der Waals surface area contributed by atoms with E-state index in [4.69, 9.17) is 17.7 Å². The number of furan rings is 4. The minimum Gasteiger partial charge on any atom is -0.436 e. The van der Waals surface area contributed by atoms with Crippen molar-refractivity contribution in [1.29, 1.82) is 0 Å². The lowest BCUT2D eigenvalue weighted by Gasteiger charge is -2.29. The van der Waals surface area contributed by atoms with Crippen LogP contribution in [0.2, 0.25) is 0 Å². The standard InChI is InChI=1S/C19H21BN3O.3C18H19BN3O/c1-12-9-17(22(4)11-13(12)2)20-14(3)10-16-15-7-6-8-21-18(15)24-19(16)23(20)5;1-12-7-8-16(21(3)11-12)19-13(2)10-15-17(22(19)4)14-6-5-9-20-18(14)23-15;1-12-7-9-21(3)16(10-12)19-13(2)11-15-17(22(19)4)14-6-5-8-20-18(14)23-15;1-12-7-9-21(3)16(10-12)19-13(2)11-15-14-6-5-8-20-17(14)23-18(15)22(19)4/h6-11H,1-5H3;3*5-11H,1-4H3/q4*+1. The van der Waals surface area contributed by atoms with Gasteiger partial charge < -0.3 is 36.9 Å². The van der Waals surface area contributed by atoms with Crippen LogP contribution >= 0.6 is 0 Å². The van der Waals surface area contributed by atoms with E-state index in [1.54, 1.807) is 24.8 Å². The molecule has 4 aliphatic heterocycles. The molecule has 16 rings (SSSR count). The maximum atomic E-state index is 6.06. The number of fused-ring (bicyclic) bond motifs is 12. The van der Waals surface area contributed by atoms with E-state index in [-0.39, 0.29) is 27.4 Å². The van der Waals surface area contributed by atoms with Crippen molar-refractivity contribution < 1.29 is 35.9 Å². The maximum absolute atomic E-state index is 6.06. The average molecular weight is 1230 g/mol. The molecule has 0 fully saturated rings. The first-order chi connectivity index (χ1) is 44.6. The largest absolute Gasteiger partial charge is 0.436 e. The lowest BCUT2D eigenvalue weighted by Crippen LogP contribution is -2.62. The normalized spacial score (nSPS) is 14.2. The molecule has 4 aliphatic rings. The van der Waals surface area contributed by atoms with Gasteiger partial charge in [-0.15, -0.1) is 0 Å². The first-order valence-electron chi connectivity index (χ1n) is 31.6. The quantitative estimate of drug-likeness (QED) is 0.123. The Balaban J connectivity index is 0.000000113. The average Bonchev–Trinajstić information content (AvgIpc) is 1.75. The van der Waals surface area contributed by atoms with Crippen LogP contribution < -0.4 is 59.9 Å². The van der Waals surface area contributed by atoms with Crippen LogP contribution in [-0.4, -0.2) is 75.5 Å². The molecule has 0 spiro atoms. The molecule has 0 amide bonds. The summed E-state index contributed by atoms with van der Waals surface area (Å²) in [6.45, 7) is 20.1. The minimum absolute atomic E-state index is 0.155. The molecule has 0 N–H and O–H groups in total. The smallest absolute Gasteiger partial charge is 0.401 e. The van der Waals surface area contributed by atoms with Crippen LogP contribution in [0.3, 0.4) is 0 Å². The van der Waals surface area contributed by atoms with Crippen LogP contribution in [-0.2, 0) is 28.2 Å². The van der Waals surface area contributed by atoms with Crippen LogP contribution in [0.5, 0.6) is 0 Å². The number of rotatable bonds is 4. The molecule has 0 bridgehead atoms. The van der Waals surface area contributed by atoms with E-state index in [1.165, 1.54) is 72.1 Å². The van der Waals surface area contributed by atoms with Gasteiger partial charge in [0.2, 0.25) is 22.9 Å². The number of anilines is 4. The van der Waals surface area contributed by atoms with Crippen LogP contribution in [0, 0.1) is 34.6 Å². The summed E-state index contributed by atoms with van der Waals surface area (Å²) in [6, 6.07) is 31.5. The Morgan fingerprint density at radius 2 is 0.731 bits per heavy atom. The molecular weight excluding hydrogens is 1150 g/mol. The highest BCUT2D eigenvalue weighted by molar-refractivity contribution is 6.84. The monoisotopic (exact) mass is 1230 g/mol. The second-order valence-electron chi connectivity index (χ2n) is 25.7. The molecule has 462 valence electrons. The minimum atomic E-state index is 0.155. The lowest BCUT2D eigenvalue weighted by atomic mass is 9.49. The van der Waals surface area contributed by atoms with Crippen molar-refractivity contribution in [2.45, 2.75) is 62.3 Å². The van der Waals surface area contributed by atoms with Crippen molar-refractivity contribution in [2.24, 2.45) is 28.2 Å². The van der Waals surface area contributed by atoms with E-state index in [2.05, 4.69) is 292 Å². The van der Waals surface area contributed by atoms with Gasteiger partial charge in [-0.1, -0.05) is 34.0 Å². The molecule has 12 aromatic heterocycles. The van der Waals surface area contributed by atoms with E-state index < -0.39 is 0 Å². The Morgan fingerprint density at radius 1 is 0.355 bits per heavy atom. The highest BCUT2D eigenvalue weighted by Gasteiger charge is 2.43. The highest BCUT2D eigenvalue weighted by Crippen LogP contribution is 2.41. The number of aryl methyl sites for hydroxylation is 9. The van der Waals surface area contributed by atoms with Crippen molar-refractivity contribution in [3.05, 3.63) is 213 Å². The van der Waals surface area contributed by atoms with Gasteiger partial charge in [0.25, 0.3) is 0 Å². The molecule has 20 heteroatoms. The zero-order valence-electron chi connectivity index (χ0n) is 56.4. The number of pyridine rings is 8. The van der Waals surface area contributed by atoms with Gasteiger partial charge in [-0.05, 0) is 180 Å². The third-order valence-corrected chi connectivity index (χ3v) is 18.9. The summed E-state index contributed by atoms with van der Waals surface area (Å²) in [5.41, 5.74) is 23.8. The molecule has 93 heavy (non-hydrogen) atoms. The summed E-state index contributed by atoms with van der Waals surface area (Å²) < 4.78 is 32.7. The Hall–Kier alpha value is -10.2. The van der Waals surface area contributed by atoms with Crippen LogP contribution in [0.1, 0.15) is 78.2 Å². The SMILES string of the molecule is CC1=Cc2c(oc3ncccc23)N(C)B1c1cc(C)c(C)c[n+]1C.CC1=Cc2c(oc3ncccc23)N(C)B1c1cc(C)cc[n+]1C.CC1=Cc2oc3ncccc3c2N(C)B1c1cc(C)cc[n+]1C.CC1=Cc2oc3ncccc3c2N(C)B1c1ccc(C)c[n+]1C. The second-order valence-corrected chi connectivity index (χ2v) is 25.7. The summed E-state index contributed by atoms with van der Waals surface area (Å²) in [6.07, 6.45) is 24.4. The predicted octanol–water partition coefficient (Wildman–Crippen LogP) is 9.32. The summed E-state index contributed by atoms with van der Waals surface area (Å²) >= 11 is 0. The fourth-order valence-corrected chi connectivity index (χ4v) is 14.3. The molecule has 0 saturated heterocycles. The first kappa shape index (κ1) is 61.6. The van der Waals surface area contributed by atoms with Crippen molar-refractivity contribution >= 4 is 142 Å². The van der Waals surface area contributed by atoms with E-state index >= 15 is 0 Å². The number of hydrogen-bond acceptors (Lipinski definition) is 12. The van der Waals surface area contributed by atoms with Crippen molar-refractivity contribution in [3.63, 3.8) is 0 Å². The Bertz CT molecular complexity index is 5070. The van der Waals surface area contributed by atoms with Crippen molar-refractivity contribution in [2.75, 3.05) is 47.4 Å². The summed E-state index contributed by atoms with van der Waals surface area (Å²) in [5.74, 6) is 3.56. The van der Waals surface area contributed by atoms with E-state index in [1.807, 2.05) is 24.3 Å². The Labute approximate surface area is 545 Å². The van der Waals surface area contributed by atoms with Gasteiger partial charge in [-0.2, -0.15) is 0 Å². The zero-order valence-corrected chi connectivity index (χ0v) is 56.4. The first-order valence-corrected chi connectivity index (χ1v) is 31.6. The van der Waals surface area contributed by atoms with Crippen molar-refractivity contribution in [3.8, 4) is 0 Å². The van der Waals surface area contributed by atoms with E-state index in [0.717, 1.165) is 67.3 Å². The third-order valence-electron chi connectivity index (χ3n) is 18.9. The molecule has 0 unspecified atom stereocenters. The molecule has 12 aromatic rings. The van der Waals surface area contributed by atoms with Crippen LogP contribution in [0.25, 0.3) is 68.7 Å². The molecular formula is C73H78B4N12O4+4. The predicted molar refractivity (Wildman–Crippen MR) is 380 cm³/mol. The zero-order chi connectivity index (χ0) is 65.4. The molecule has 0 aromatic carbocycles.